The summed E-state index contributed by atoms with van der Waals surface area (Å²) in [7, 11) is 0. The van der Waals surface area contributed by atoms with Gasteiger partial charge >= 0.3 is 6.03 Å². The van der Waals surface area contributed by atoms with Crippen LogP contribution in [0.1, 0.15) is 50.0 Å². The second-order valence-electron chi connectivity index (χ2n) is 8.10. The molecule has 0 unspecified atom stereocenters. The standard InChI is InChI=1S/C21H23FN6O2/c1-12(2)20-24-19(25-30-20)18-17-11-27(21(29)26-8-4-5-9-26)16-10-14(22)6-7-15(16)28(17)13(3)23-18/h6-7,10,12H,4-5,8-9,11H2,1-3H3. The number of nitrogens with zero attached hydrogens (tertiary/aromatic N) is 6. The number of likely N-dealkylation sites (tertiary alicyclic amines) is 1. The van der Waals surface area contributed by atoms with E-state index >= 15 is 0 Å². The Kier molecular flexibility index (Phi) is 4.34. The van der Waals surface area contributed by atoms with Crippen LogP contribution in [0.15, 0.2) is 22.7 Å². The monoisotopic (exact) mass is 410 g/mol. The number of urea groups is 1. The molecule has 2 aromatic heterocycles. The van der Waals surface area contributed by atoms with Crippen molar-refractivity contribution in [2.75, 3.05) is 18.0 Å². The molecule has 0 saturated carbocycles. The summed E-state index contributed by atoms with van der Waals surface area (Å²) in [5.41, 5.74) is 2.63. The molecule has 156 valence electrons. The minimum atomic E-state index is -0.380. The number of fused-ring (bicyclic) bond motifs is 3. The fraction of sp³-hybridized carbons (Fsp3) is 0.429. The van der Waals surface area contributed by atoms with Crippen LogP contribution in [0.25, 0.3) is 17.2 Å². The number of imidazole rings is 1. The van der Waals surface area contributed by atoms with Crippen molar-refractivity contribution < 1.29 is 13.7 Å². The van der Waals surface area contributed by atoms with Crippen molar-refractivity contribution in [3.63, 3.8) is 0 Å². The number of aryl methyl sites for hydroxylation is 1. The van der Waals surface area contributed by atoms with Crippen molar-refractivity contribution in [2.24, 2.45) is 0 Å². The van der Waals surface area contributed by atoms with Gasteiger partial charge in [-0.1, -0.05) is 19.0 Å². The highest BCUT2D eigenvalue weighted by Crippen LogP contribution is 2.38. The number of halogens is 1. The molecule has 0 atom stereocenters. The lowest BCUT2D eigenvalue weighted by Gasteiger charge is -2.34. The SMILES string of the molecule is Cc1nc(-c2noc(C(C)C)n2)c2n1-c1ccc(F)cc1N(C(=O)N1CCCC1)C2. The molecule has 0 spiro atoms. The zero-order chi connectivity index (χ0) is 21.0. The number of amides is 2. The molecule has 0 radical (unpaired) electrons. The van der Waals surface area contributed by atoms with E-state index in [0.29, 0.717) is 41.9 Å². The van der Waals surface area contributed by atoms with Crippen LogP contribution in [0.4, 0.5) is 14.9 Å². The summed E-state index contributed by atoms with van der Waals surface area (Å²) in [6.45, 7) is 7.52. The normalized spacial score (nSPS) is 15.6. The molecule has 2 amide bonds. The lowest BCUT2D eigenvalue weighted by Crippen LogP contribution is -2.44. The summed E-state index contributed by atoms with van der Waals surface area (Å²) in [5, 5.41) is 4.11. The van der Waals surface area contributed by atoms with E-state index in [0.717, 1.165) is 24.4 Å². The lowest BCUT2D eigenvalue weighted by atomic mass is 10.1. The van der Waals surface area contributed by atoms with Gasteiger partial charge < -0.3 is 9.42 Å². The van der Waals surface area contributed by atoms with Crippen LogP contribution < -0.4 is 4.90 Å². The summed E-state index contributed by atoms with van der Waals surface area (Å²) in [6, 6.07) is 4.38. The van der Waals surface area contributed by atoms with E-state index in [-0.39, 0.29) is 24.3 Å². The van der Waals surface area contributed by atoms with Gasteiger partial charge in [-0.25, -0.2) is 14.2 Å². The van der Waals surface area contributed by atoms with E-state index < -0.39 is 0 Å². The number of benzene rings is 1. The van der Waals surface area contributed by atoms with Crippen molar-refractivity contribution >= 4 is 11.7 Å². The van der Waals surface area contributed by atoms with Crippen molar-refractivity contribution in [2.45, 2.75) is 46.1 Å². The third-order valence-corrected chi connectivity index (χ3v) is 5.67. The summed E-state index contributed by atoms with van der Waals surface area (Å²) in [4.78, 5) is 25.9. The molecule has 30 heavy (non-hydrogen) atoms. The molecule has 0 aliphatic carbocycles. The highest BCUT2D eigenvalue weighted by atomic mass is 19.1. The lowest BCUT2D eigenvalue weighted by molar-refractivity contribution is 0.214. The summed E-state index contributed by atoms with van der Waals surface area (Å²) in [5.74, 6) is 1.37. The van der Waals surface area contributed by atoms with E-state index in [1.165, 1.54) is 12.1 Å². The smallest absolute Gasteiger partial charge is 0.324 e. The number of aromatic nitrogens is 4. The molecule has 9 heteroatoms. The van der Waals surface area contributed by atoms with Gasteiger partial charge in [-0.05, 0) is 38.0 Å². The minimum Gasteiger partial charge on any atom is -0.339 e. The van der Waals surface area contributed by atoms with Crippen LogP contribution in [0.5, 0.6) is 0 Å². The molecule has 0 N–H and O–H groups in total. The molecule has 1 aromatic carbocycles. The van der Waals surface area contributed by atoms with Gasteiger partial charge in [0.25, 0.3) is 0 Å². The zero-order valence-electron chi connectivity index (χ0n) is 17.2. The minimum absolute atomic E-state index is 0.0998. The second-order valence-corrected chi connectivity index (χ2v) is 8.10. The van der Waals surface area contributed by atoms with E-state index in [9.17, 15) is 9.18 Å². The molecule has 8 nitrogen and oxygen atoms in total. The van der Waals surface area contributed by atoms with Gasteiger partial charge in [-0.2, -0.15) is 4.98 Å². The average Bonchev–Trinajstić information content (AvgIpc) is 3.47. The molecule has 2 aliphatic rings. The van der Waals surface area contributed by atoms with Crippen LogP contribution in [-0.2, 0) is 6.54 Å². The van der Waals surface area contributed by atoms with Crippen LogP contribution in [-0.4, -0.2) is 43.7 Å². The Hall–Kier alpha value is -3.23. The Labute approximate surface area is 173 Å². The Morgan fingerprint density at radius 1 is 1.17 bits per heavy atom. The number of carbonyl (C=O) groups excluding carboxylic acids is 1. The quantitative estimate of drug-likeness (QED) is 0.637. The molecule has 2 aliphatic heterocycles. The Bertz CT molecular complexity index is 1130. The van der Waals surface area contributed by atoms with Gasteiger partial charge in [0.1, 0.15) is 17.3 Å². The van der Waals surface area contributed by atoms with Gasteiger partial charge in [-0.15, -0.1) is 0 Å². The topological polar surface area (TPSA) is 80.3 Å². The van der Waals surface area contributed by atoms with Gasteiger partial charge in [-0.3, -0.25) is 9.47 Å². The van der Waals surface area contributed by atoms with E-state index in [2.05, 4.69) is 15.1 Å². The predicted octanol–water partition coefficient (Wildman–Crippen LogP) is 4.03. The highest BCUT2D eigenvalue weighted by molar-refractivity contribution is 5.95. The molecular weight excluding hydrogens is 387 g/mol. The first-order chi connectivity index (χ1) is 14.4. The maximum absolute atomic E-state index is 14.1. The fourth-order valence-electron chi connectivity index (χ4n) is 4.17. The van der Waals surface area contributed by atoms with E-state index in [1.807, 2.05) is 30.2 Å². The maximum Gasteiger partial charge on any atom is 0.324 e. The van der Waals surface area contributed by atoms with Crippen LogP contribution in [0.3, 0.4) is 0 Å². The first-order valence-corrected chi connectivity index (χ1v) is 10.2. The van der Waals surface area contributed by atoms with Crippen molar-refractivity contribution in [3.05, 3.63) is 41.4 Å². The molecule has 3 aromatic rings. The first-order valence-electron chi connectivity index (χ1n) is 10.2. The Morgan fingerprint density at radius 3 is 2.63 bits per heavy atom. The molecule has 0 bridgehead atoms. The highest BCUT2D eigenvalue weighted by Gasteiger charge is 2.35. The predicted molar refractivity (Wildman–Crippen MR) is 108 cm³/mol. The zero-order valence-corrected chi connectivity index (χ0v) is 17.2. The summed E-state index contributed by atoms with van der Waals surface area (Å²) >= 11 is 0. The average molecular weight is 410 g/mol. The fourth-order valence-corrected chi connectivity index (χ4v) is 4.17. The molecule has 1 saturated heterocycles. The van der Waals surface area contributed by atoms with Crippen LogP contribution >= 0.6 is 0 Å². The second kappa shape index (κ2) is 6.93. The number of hydrogen-bond acceptors (Lipinski definition) is 5. The van der Waals surface area contributed by atoms with Crippen molar-refractivity contribution in [1.29, 1.82) is 0 Å². The summed E-state index contributed by atoms with van der Waals surface area (Å²) in [6.07, 6.45) is 1.97. The van der Waals surface area contributed by atoms with E-state index in [4.69, 9.17) is 4.52 Å². The molecule has 5 rings (SSSR count). The van der Waals surface area contributed by atoms with Gasteiger partial charge in [0.15, 0.2) is 0 Å². The molecular formula is C21H23FN6O2. The molecule has 4 heterocycles. The maximum atomic E-state index is 14.1. The van der Waals surface area contributed by atoms with Crippen LogP contribution in [0.2, 0.25) is 0 Å². The number of carbonyl (C=O) groups is 1. The Morgan fingerprint density at radius 2 is 1.93 bits per heavy atom. The number of hydrogen-bond donors (Lipinski definition) is 0. The Balaban J connectivity index is 1.65. The third kappa shape index (κ3) is 2.88. The van der Waals surface area contributed by atoms with Gasteiger partial charge in [0.2, 0.25) is 11.7 Å². The summed E-state index contributed by atoms with van der Waals surface area (Å²) < 4.78 is 21.4. The first kappa shape index (κ1) is 18.8. The number of rotatable bonds is 2. The molecule has 1 fully saturated rings. The van der Waals surface area contributed by atoms with Crippen LogP contribution in [0, 0.1) is 12.7 Å². The van der Waals surface area contributed by atoms with Gasteiger partial charge in [0.05, 0.1) is 23.6 Å². The van der Waals surface area contributed by atoms with Crippen molar-refractivity contribution in [1.82, 2.24) is 24.6 Å². The van der Waals surface area contributed by atoms with Crippen molar-refractivity contribution in [3.8, 4) is 17.2 Å². The van der Waals surface area contributed by atoms with E-state index in [1.54, 1.807) is 11.0 Å². The third-order valence-electron chi connectivity index (χ3n) is 5.67. The largest absolute Gasteiger partial charge is 0.339 e. The number of anilines is 1. The van der Waals surface area contributed by atoms with Gasteiger partial charge in [0, 0.05) is 19.0 Å².